The molecule has 27 heavy (non-hydrogen) atoms. The maximum absolute atomic E-state index is 12.1. The van der Waals surface area contributed by atoms with E-state index in [1.807, 2.05) is 6.92 Å². The summed E-state index contributed by atoms with van der Waals surface area (Å²) in [6.07, 6.45) is 0.668. The fourth-order valence-corrected chi connectivity index (χ4v) is 4.04. The number of sulfonamides is 1. The lowest BCUT2D eigenvalue weighted by atomic mass is 10.3. The first kappa shape index (κ1) is 21.8. The molecule has 0 aromatic heterocycles. The van der Waals surface area contributed by atoms with Crippen molar-refractivity contribution in [3.63, 3.8) is 0 Å². The molecule has 0 aliphatic carbocycles. The molecule has 10 heteroatoms. The lowest BCUT2D eigenvalue weighted by Gasteiger charge is -2.11. The van der Waals surface area contributed by atoms with Gasteiger partial charge in [-0.2, -0.15) is 0 Å². The van der Waals surface area contributed by atoms with Gasteiger partial charge in [-0.1, -0.05) is 41.7 Å². The topological polar surface area (TPSA) is 84.5 Å². The van der Waals surface area contributed by atoms with E-state index >= 15 is 0 Å². The third-order valence-electron chi connectivity index (χ3n) is 3.26. The van der Waals surface area contributed by atoms with E-state index in [0.29, 0.717) is 28.7 Å². The third kappa shape index (κ3) is 6.55. The number of nitrogens with one attached hydrogen (secondary N) is 2. The fraction of sp³-hybridized carbons (Fsp3) is 0.235. The van der Waals surface area contributed by atoms with Gasteiger partial charge in [0.05, 0.1) is 9.92 Å². The van der Waals surface area contributed by atoms with E-state index in [4.69, 9.17) is 39.5 Å². The first-order valence-corrected chi connectivity index (χ1v) is 10.5. The monoisotopic (exact) mass is 450 g/mol. The van der Waals surface area contributed by atoms with Crippen LogP contribution in [-0.4, -0.2) is 27.5 Å². The van der Waals surface area contributed by atoms with Crippen molar-refractivity contribution in [2.75, 3.05) is 18.5 Å². The average molecular weight is 452 g/mol. The number of carbonyl (C=O) groups excluding carboxylic acids is 1. The molecule has 0 fully saturated rings. The van der Waals surface area contributed by atoms with Crippen molar-refractivity contribution in [3.05, 3.63) is 51.5 Å². The van der Waals surface area contributed by atoms with Gasteiger partial charge in [-0.05, 0) is 42.8 Å². The van der Waals surface area contributed by atoms with Crippen LogP contribution in [0.15, 0.2) is 41.3 Å². The van der Waals surface area contributed by atoms with E-state index in [1.54, 1.807) is 18.2 Å². The van der Waals surface area contributed by atoms with Gasteiger partial charge in [-0.25, -0.2) is 13.1 Å². The minimum Gasteiger partial charge on any atom is -0.482 e. The molecule has 2 aromatic rings. The summed E-state index contributed by atoms with van der Waals surface area (Å²) in [5, 5.41) is 3.44. The lowest BCUT2D eigenvalue weighted by molar-refractivity contribution is -0.118. The Morgan fingerprint density at radius 1 is 1.07 bits per heavy atom. The van der Waals surface area contributed by atoms with Gasteiger partial charge in [0, 0.05) is 22.3 Å². The molecule has 0 bridgehead atoms. The van der Waals surface area contributed by atoms with Crippen LogP contribution in [0.2, 0.25) is 15.1 Å². The first-order valence-electron chi connectivity index (χ1n) is 7.89. The number of anilines is 1. The summed E-state index contributed by atoms with van der Waals surface area (Å²) >= 11 is 17.8. The predicted octanol–water partition coefficient (Wildman–Crippen LogP) is 4.35. The van der Waals surface area contributed by atoms with Crippen LogP contribution >= 0.6 is 34.8 Å². The average Bonchev–Trinajstić information content (AvgIpc) is 2.58. The smallest absolute Gasteiger partial charge is 0.262 e. The zero-order chi connectivity index (χ0) is 20.0. The minimum atomic E-state index is -3.64. The Hall–Kier alpha value is -1.51. The molecule has 0 radical (unpaired) electrons. The SMILES string of the molecule is CCCNS(=O)(=O)c1ccc(OCC(=O)Nc2cc(Cl)cc(Cl)c2)c(Cl)c1. The van der Waals surface area contributed by atoms with Crippen molar-refractivity contribution in [1.82, 2.24) is 4.72 Å². The largest absolute Gasteiger partial charge is 0.482 e. The Balaban J connectivity index is 2.00. The Kier molecular flexibility index (Phi) is 7.76. The molecule has 1 amide bonds. The van der Waals surface area contributed by atoms with Crippen LogP contribution in [0.4, 0.5) is 5.69 Å². The van der Waals surface area contributed by atoms with Crippen LogP contribution in [0.1, 0.15) is 13.3 Å². The number of hydrogen-bond acceptors (Lipinski definition) is 4. The summed E-state index contributed by atoms with van der Waals surface area (Å²) in [4.78, 5) is 12.0. The maximum atomic E-state index is 12.1. The van der Waals surface area contributed by atoms with Crippen molar-refractivity contribution >= 4 is 56.4 Å². The predicted molar refractivity (Wildman–Crippen MR) is 108 cm³/mol. The molecule has 2 N–H and O–H groups in total. The minimum absolute atomic E-state index is 0.0197. The van der Waals surface area contributed by atoms with Crippen molar-refractivity contribution < 1.29 is 17.9 Å². The van der Waals surface area contributed by atoms with Crippen molar-refractivity contribution in [2.45, 2.75) is 18.2 Å². The Morgan fingerprint density at radius 3 is 2.33 bits per heavy atom. The summed E-state index contributed by atoms with van der Waals surface area (Å²) in [7, 11) is -3.64. The summed E-state index contributed by atoms with van der Waals surface area (Å²) in [6, 6.07) is 8.65. The second-order valence-electron chi connectivity index (χ2n) is 5.48. The van der Waals surface area contributed by atoms with Crippen LogP contribution < -0.4 is 14.8 Å². The number of halogens is 3. The quantitative estimate of drug-likeness (QED) is 0.625. The first-order chi connectivity index (χ1) is 12.7. The van der Waals surface area contributed by atoms with Gasteiger partial charge in [0.1, 0.15) is 5.75 Å². The van der Waals surface area contributed by atoms with Crippen molar-refractivity contribution in [1.29, 1.82) is 0 Å². The van der Waals surface area contributed by atoms with E-state index in [1.165, 1.54) is 18.2 Å². The van der Waals surface area contributed by atoms with Gasteiger partial charge in [0.15, 0.2) is 6.61 Å². The van der Waals surface area contributed by atoms with Crippen LogP contribution in [0.3, 0.4) is 0 Å². The summed E-state index contributed by atoms with van der Waals surface area (Å²) in [6.45, 7) is 1.85. The lowest BCUT2D eigenvalue weighted by Crippen LogP contribution is -2.24. The highest BCUT2D eigenvalue weighted by Gasteiger charge is 2.16. The number of carbonyl (C=O) groups is 1. The highest BCUT2D eigenvalue weighted by Crippen LogP contribution is 2.27. The van der Waals surface area contributed by atoms with Gasteiger partial charge in [-0.3, -0.25) is 4.79 Å². The summed E-state index contributed by atoms with van der Waals surface area (Å²) in [5.74, 6) is -0.268. The van der Waals surface area contributed by atoms with Gasteiger partial charge in [0.2, 0.25) is 10.0 Å². The fourth-order valence-electron chi connectivity index (χ4n) is 2.05. The van der Waals surface area contributed by atoms with Gasteiger partial charge < -0.3 is 10.1 Å². The number of amides is 1. The van der Waals surface area contributed by atoms with Gasteiger partial charge in [0.25, 0.3) is 5.91 Å². The van der Waals surface area contributed by atoms with Crippen LogP contribution in [0.25, 0.3) is 0 Å². The molecule has 0 spiro atoms. The van der Waals surface area contributed by atoms with Crippen LogP contribution in [-0.2, 0) is 14.8 Å². The van der Waals surface area contributed by atoms with Crippen LogP contribution in [0, 0.1) is 0 Å². The Bertz CT molecular complexity index is 916. The van der Waals surface area contributed by atoms with Crippen molar-refractivity contribution in [2.24, 2.45) is 0 Å². The van der Waals surface area contributed by atoms with E-state index in [2.05, 4.69) is 10.0 Å². The molecule has 0 aliphatic heterocycles. The standard InChI is InChI=1S/C17H17Cl3N2O4S/c1-2-5-21-27(24,25)14-3-4-16(15(20)9-14)26-10-17(23)22-13-7-11(18)6-12(19)8-13/h3-4,6-9,21H,2,5,10H2,1H3,(H,22,23). The molecule has 6 nitrogen and oxygen atoms in total. The van der Waals surface area contributed by atoms with E-state index in [9.17, 15) is 13.2 Å². The zero-order valence-electron chi connectivity index (χ0n) is 14.3. The highest BCUT2D eigenvalue weighted by molar-refractivity contribution is 7.89. The van der Waals surface area contributed by atoms with E-state index in [-0.39, 0.29) is 22.3 Å². The summed E-state index contributed by atoms with van der Waals surface area (Å²) < 4.78 is 32.0. The molecular weight excluding hydrogens is 435 g/mol. The molecule has 0 heterocycles. The third-order valence-corrected chi connectivity index (χ3v) is 5.45. The molecule has 2 aromatic carbocycles. The van der Waals surface area contributed by atoms with Crippen molar-refractivity contribution in [3.8, 4) is 5.75 Å². The molecular formula is C17H17Cl3N2O4S. The molecule has 0 atom stereocenters. The van der Waals surface area contributed by atoms with Crippen LogP contribution in [0.5, 0.6) is 5.75 Å². The number of hydrogen-bond donors (Lipinski definition) is 2. The maximum Gasteiger partial charge on any atom is 0.262 e. The zero-order valence-corrected chi connectivity index (χ0v) is 17.3. The number of benzene rings is 2. The number of ether oxygens (including phenoxy) is 1. The van der Waals surface area contributed by atoms with E-state index in [0.717, 1.165) is 0 Å². The van der Waals surface area contributed by atoms with Gasteiger partial charge >= 0.3 is 0 Å². The highest BCUT2D eigenvalue weighted by atomic mass is 35.5. The van der Waals surface area contributed by atoms with E-state index < -0.39 is 15.9 Å². The second kappa shape index (κ2) is 9.61. The number of rotatable bonds is 8. The summed E-state index contributed by atoms with van der Waals surface area (Å²) in [5.41, 5.74) is 0.427. The molecule has 2 rings (SSSR count). The molecule has 0 unspecified atom stereocenters. The Labute approximate surface area is 172 Å². The van der Waals surface area contributed by atoms with Gasteiger partial charge in [-0.15, -0.1) is 0 Å². The molecule has 0 aliphatic rings. The Morgan fingerprint density at radius 2 is 1.74 bits per heavy atom. The normalized spacial score (nSPS) is 11.3. The molecule has 0 saturated carbocycles. The second-order valence-corrected chi connectivity index (χ2v) is 8.53. The molecule has 146 valence electrons. The molecule has 0 saturated heterocycles.